The van der Waals surface area contributed by atoms with Gasteiger partial charge in [0, 0.05) is 24.9 Å². The largest absolute Gasteiger partial charge is 0.322 e. The van der Waals surface area contributed by atoms with E-state index in [1.54, 1.807) is 0 Å². The average molecular weight is 272 g/mol. The number of rotatable bonds is 5. The maximum absolute atomic E-state index is 6.35. The molecule has 2 rings (SSSR count). The third kappa shape index (κ3) is 3.07. The quantitative estimate of drug-likeness (QED) is 0.910. The Bertz CT molecular complexity index is 586. The van der Waals surface area contributed by atoms with Crippen LogP contribution in [0.4, 0.5) is 0 Å². The zero-order valence-corrected chi connectivity index (χ0v) is 12.8. The van der Waals surface area contributed by atoms with Gasteiger partial charge in [0.1, 0.15) is 0 Å². The first-order valence-corrected chi connectivity index (χ1v) is 7.29. The molecule has 0 aromatic carbocycles. The van der Waals surface area contributed by atoms with Crippen LogP contribution in [0, 0.1) is 13.8 Å². The number of hydrogen-bond acceptors (Lipinski definition) is 3. The van der Waals surface area contributed by atoms with Crippen molar-refractivity contribution in [1.29, 1.82) is 0 Å². The molecule has 1 atom stereocenters. The number of pyridine rings is 1. The molecule has 0 radical (unpaired) electrons. The van der Waals surface area contributed by atoms with Gasteiger partial charge in [-0.05, 0) is 44.4 Å². The van der Waals surface area contributed by atoms with Gasteiger partial charge >= 0.3 is 0 Å². The monoisotopic (exact) mass is 272 g/mol. The standard InChI is InChI=1S/C16H24N4/c1-5-13-8-14(20(6-2)19-13)9-15(17)16-12(4)7-11(3)10-18-16/h7-8,10,15H,5-6,9,17H2,1-4H3. The normalized spacial score (nSPS) is 12.7. The van der Waals surface area contributed by atoms with Crippen LogP contribution in [0.5, 0.6) is 0 Å². The summed E-state index contributed by atoms with van der Waals surface area (Å²) in [7, 11) is 0. The Kier molecular flexibility index (Phi) is 4.55. The lowest BCUT2D eigenvalue weighted by molar-refractivity contribution is 0.579. The first kappa shape index (κ1) is 14.7. The Balaban J connectivity index is 2.22. The zero-order valence-electron chi connectivity index (χ0n) is 12.8. The van der Waals surface area contributed by atoms with E-state index in [-0.39, 0.29) is 6.04 Å². The van der Waals surface area contributed by atoms with Crippen LogP contribution in [0.2, 0.25) is 0 Å². The number of nitrogens with two attached hydrogens (primary N) is 1. The number of aryl methyl sites for hydroxylation is 4. The fourth-order valence-corrected chi connectivity index (χ4v) is 2.56. The third-order valence-corrected chi connectivity index (χ3v) is 3.61. The molecule has 0 saturated heterocycles. The van der Waals surface area contributed by atoms with Crippen LogP contribution in [0.25, 0.3) is 0 Å². The highest BCUT2D eigenvalue weighted by molar-refractivity contribution is 5.26. The van der Waals surface area contributed by atoms with Gasteiger partial charge in [-0.1, -0.05) is 13.0 Å². The first-order chi connectivity index (χ1) is 9.55. The maximum Gasteiger partial charge on any atom is 0.0624 e. The van der Waals surface area contributed by atoms with Crippen LogP contribution in [0.3, 0.4) is 0 Å². The molecule has 2 aromatic rings. The smallest absolute Gasteiger partial charge is 0.0624 e. The fourth-order valence-electron chi connectivity index (χ4n) is 2.56. The molecule has 0 amide bonds. The lowest BCUT2D eigenvalue weighted by Crippen LogP contribution is -2.18. The molecule has 0 aliphatic carbocycles. The Hall–Kier alpha value is -1.68. The minimum atomic E-state index is -0.0812. The van der Waals surface area contributed by atoms with Crippen LogP contribution >= 0.6 is 0 Å². The summed E-state index contributed by atoms with van der Waals surface area (Å²) in [5.41, 5.74) is 12.0. The Morgan fingerprint density at radius 3 is 2.60 bits per heavy atom. The van der Waals surface area contributed by atoms with Gasteiger partial charge < -0.3 is 5.73 Å². The highest BCUT2D eigenvalue weighted by atomic mass is 15.3. The van der Waals surface area contributed by atoms with Gasteiger partial charge in [-0.25, -0.2) is 0 Å². The van der Waals surface area contributed by atoms with Crippen molar-refractivity contribution in [2.75, 3.05) is 0 Å². The summed E-state index contributed by atoms with van der Waals surface area (Å²) in [5.74, 6) is 0. The van der Waals surface area contributed by atoms with Gasteiger partial charge in [-0.15, -0.1) is 0 Å². The highest BCUT2D eigenvalue weighted by Gasteiger charge is 2.15. The number of aromatic nitrogens is 3. The predicted molar refractivity (Wildman–Crippen MR) is 81.6 cm³/mol. The zero-order chi connectivity index (χ0) is 14.7. The second-order valence-electron chi connectivity index (χ2n) is 5.32. The van der Waals surface area contributed by atoms with E-state index >= 15 is 0 Å². The summed E-state index contributed by atoms with van der Waals surface area (Å²) < 4.78 is 2.04. The molecule has 1 unspecified atom stereocenters. The predicted octanol–water partition coefficient (Wildman–Crippen LogP) is 2.72. The van der Waals surface area contributed by atoms with E-state index in [9.17, 15) is 0 Å². The summed E-state index contributed by atoms with van der Waals surface area (Å²) in [6.45, 7) is 9.23. The molecule has 4 nitrogen and oxygen atoms in total. The van der Waals surface area contributed by atoms with E-state index in [2.05, 4.69) is 49.9 Å². The minimum Gasteiger partial charge on any atom is -0.322 e. The van der Waals surface area contributed by atoms with Gasteiger partial charge in [0.2, 0.25) is 0 Å². The third-order valence-electron chi connectivity index (χ3n) is 3.61. The van der Waals surface area contributed by atoms with Crippen molar-refractivity contribution in [2.24, 2.45) is 5.73 Å². The second kappa shape index (κ2) is 6.18. The molecule has 0 aliphatic heterocycles. The van der Waals surface area contributed by atoms with Crippen molar-refractivity contribution in [3.05, 3.63) is 46.5 Å². The summed E-state index contributed by atoms with van der Waals surface area (Å²) in [4.78, 5) is 4.50. The highest BCUT2D eigenvalue weighted by Crippen LogP contribution is 2.19. The molecular weight excluding hydrogens is 248 g/mol. The van der Waals surface area contributed by atoms with Gasteiger partial charge in [0.05, 0.1) is 17.4 Å². The van der Waals surface area contributed by atoms with Crippen LogP contribution in [0.1, 0.15) is 48.1 Å². The van der Waals surface area contributed by atoms with Crippen molar-refractivity contribution in [3.63, 3.8) is 0 Å². The van der Waals surface area contributed by atoms with Gasteiger partial charge in [0.25, 0.3) is 0 Å². The molecule has 4 heteroatoms. The van der Waals surface area contributed by atoms with E-state index in [0.717, 1.165) is 36.3 Å². The van der Waals surface area contributed by atoms with Crippen LogP contribution in [0.15, 0.2) is 18.3 Å². The van der Waals surface area contributed by atoms with Crippen molar-refractivity contribution < 1.29 is 0 Å². The molecule has 108 valence electrons. The van der Waals surface area contributed by atoms with E-state index in [1.807, 2.05) is 10.9 Å². The van der Waals surface area contributed by atoms with E-state index < -0.39 is 0 Å². The van der Waals surface area contributed by atoms with Crippen LogP contribution in [-0.4, -0.2) is 14.8 Å². The Labute approximate surface area is 121 Å². The van der Waals surface area contributed by atoms with Crippen molar-refractivity contribution >= 4 is 0 Å². The Morgan fingerprint density at radius 1 is 1.25 bits per heavy atom. The molecule has 0 bridgehead atoms. The topological polar surface area (TPSA) is 56.7 Å². The summed E-state index contributed by atoms with van der Waals surface area (Å²) >= 11 is 0. The summed E-state index contributed by atoms with van der Waals surface area (Å²) in [6.07, 6.45) is 3.62. The van der Waals surface area contributed by atoms with Gasteiger partial charge in [-0.3, -0.25) is 9.67 Å². The molecule has 0 fully saturated rings. The fraction of sp³-hybridized carbons (Fsp3) is 0.500. The van der Waals surface area contributed by atoms with E-state index in [4.69, 9.17) is 5.73 Å². The number of hydrogen-bond donors (Lipinski definition) is 1. The molecule has 0 saturated carbocycles. The van der Waals surface area contributed by atoms with Crippen molar-refractivity contribution in [1.82, 2.24) is 14.8 Å². The molecule has 2 N–H and O–H groups in total. The number of nitrogens with zero attached hydrogens (tertiary/aromatic N) is 3. The molecule has 0 spiro atoms. The van der Waals surface area contributed by atoms with E-state index in [1.165, 1.54) is 11.3 Å². The first-order valence-electron chi connectivity index (χ1n) is 7.29. The lowest BCUT2D eigenvalue weighted by Gasteiger charge is -2.14. The lowest BCUT2D eigenvalue weighted by atomic mass is 10.0. The molecular formula is C16H24N4. The van der Waals surface area contributed by atoms with Crippen LogP contribution in [-0.2, 0) is 19.4 Å². The maximum atomic E-state index is 6.35. The molecule has 20 heavy (non-hydrogen) atoms. The summed E-state index contributed by atoms with van der Waals surface area (Å²) in [5, 5.41) is 4.57. The minimum absolute atomic E-state index is 0.0812. The summed E-state index contributed by atoms with van der Waals surface area (Å²) in [6, 6.07) is 4.21. The van der Waals surface area contributed by atoms with Gasteiger partial charge in [-0.2, -0.15) is 5.10 Å². The van der Waals surface area contributed by atoms with Crippen molar-refractivity contribution in [2.45, 2.75) is 53.1 Å². The molecule has 2 heterocycles. The van der Waals surface area contributed by atoms with Crippen LogP contribution < -0.4 is 5.73 Å². The van der Waals surface area contributed by atoms with E-state index in [0.29, 0.717) is 0 Å². The van der Waals surface area contributed by atoms with Crippen molar-refractivity contribution in [3.8, 4) is 0 Å². The SMILES string of the molecule is CCc1cc(CC(N)c2ncc(C)cc2C)n(CC)n1. The molecule has 0 aliphatic rings. The second-order valence-corrected chi connectivity index (χ2v) is 5.32. The van der Waals surface area contributed by atoms with Gasteiger partial charge in [0.15, 0.2) is 0 Å². The average Bonchev–Trinajstić information content (AvgIpc) is 2.80. The Morgan fingerprint density at radius 2 is 2.00 bits per heavy atom. The molecule has 2 aromatic heterocycles.